The molecule has 0 radical (unpaired) electrons. The second-order valence-corrected chi connectivity index (χ2v) is 11.5. The molecule has 198 valence electrons. The van der Waals surface area contributed by atoms with Crippen LogP contribution in [0.1, 0.15) is 62.1 Å². The van der Waals surface area contributed by atoms with Gasteiger partial charge >= 0.3 is 0 Å². The van der Waals surface area contributed by atoms with Crippen LogP contribution in [0.4, 0.5) is 0 Å². The van der Waals surface area contributed by atoms with Gasteiger partial charge in [0.1, 0.15) is 17.5 Å². The van der Waals surface area contributed by atoms with E-state index in [1.165, 1.54) is 0 Å². The summed E-state index contributed by atoms with van der Waals surface area (Å²) in [7, 11) is -2.20. The van der Waals surface area contributed by atoms with Crippen LogP contribution in [0.5, 0.6) is 5.75 Å². The Kier molecular flexibility index (Phi) is 8.82. The minimum absolute atomic E-state index is 0.112. The SMILES string of the molecule is CCc1ccc(S(=O)(=O)NC2c3cc(C(=O)N(C)CCN(CC)CC)ccc3OC(C)(C)[C@H]2O)cc1. The highest BCUT2D eigenvalue weighted by atomic mass is 32.2. The molecule has 0 aliphatic carbocycles. The third kappa shape index (κ3) is 6.08. The molecule has 2 N–H and O–H groups in total. The molecule has 2 atom stereocenters. The number of aliphatic hydroxyl groups excluding tert-OH is 1. The van der Waals surface area contributed by atoms with Crippen molar-refractivity contribution in [1.82, 2.24) is 14.5 Å². The molecule has 1 amide bonds. The number of fused-ring (bicyclic) bond motifs is 1. The quantitative estimate of drug-likeness (QED) is 0.502. The summed E-state index contributed by atoms with van der Waals surface area (Å²) >= 11 is 0. The number of aliphatic hydroxyl groups is 1. The number of rotatable bonds is 10. The number of carbonyl (C=O) groups excluding carboxylic acids is 1. The molecule has 1 heterocycles. The van der Waals surface area contributed by atoms with Crippen LogP contribution in [-0.4, -0.2) is 74.2 Å². The number of ether oxygens (including phenoxy) is 1. The Morgan fingerprint density at radius 3 is 2.28 bits per heavy atom. The lowest BCUT2D eigenvalue weighted by atomic mass is 9.86. The van der Waals surface area contributed by atoms with Crippen molar-refractivity contribution in [3.05, 3.63) is 59.2 Å². The van der Waals surface area contributed by atoms with Crippen LogP contribution in [-0.2, 0) is 16.4 Å². The number of hydrogen-bond donors (Lipinski definition) is 2. The standard InChI is InChI=1S/C27H39N3O5S/c1-7-19-10-13-21(14-11-19)36(33,34)28-24-22-18-20(12-15-23(22)35-27(4,5)25(24)31)26(32)29(6)16-17-30(8-2)9-3/h10-15,18,24-25,28,31H,7-9,16-17H2,1-6H3/t24?,25-/m0/s1. The fourth-order valence-electron chi connectivity index (χ4n) is 4.35. The molecule has 1 unspecified atom stereocenters. The first kappa shape index (κ1) is 28.1. The largest absolute Gasteiger partial charge is 0.485 e. The average Bonchev–Trinajstić information content (AvgIpc) is 2.86. The van der Waals surface area contributed by atoms with Crippen LogP contribution < -0.4 is 9.46 Å². The van der Waals surface area contributed by atoms with E-state index in [2.05, 4.69) is 23.5 Å². The van der Waals surface area contributed by atoms with Crippen LogP contribution in [0.2, 0.25) is 0 Å². The Labute approximate surface area is 215 Å². The summed E-state index contributed by atoms with van der Waals surface area (Å²) in [5.74, 6) is 0.253. The zero-order valence-electron chi connectivity index (χ0n) is 22.1. The molecule has 1 aliphatic heterocycles. The van der Waals surface area contributed by atoms with Crippen molar-refractivity contribution in [2.24, 2.45) is 0 Å². The topological polar surface area (TPSA) is 99.2 Å². The van der Waals surface area contributed by atoms with Gasteiger partial charge in [0.25, 0.3) is 5.91 Å². The molecule has 0 saturated carbocycles. The molecule has 0 saturated heterocycles. The molecule has 0 aromatic heterocycles. The van der Waals surface area contributed by atoms with Crippen molar-refractivity contribution in [3.8, 4) is 5.75 Å². The van der Waals surface area contributed by atoms with E-state index >= 15 is 0 Å². The lowest BCUT2D eigenvalue weighted by Gasteiger charge is -2.42. The second kappa shape index (κ2) is 11.3. The predicted octanol–water partition coefficient (Wildman–Crippen LogP) is 3.21. The van der Waals surface area contributed by atoms with E-state index in [9.17, 15) is 18.3 Å². The highest BCUT2D eigenvalue weighted by molar-refractivity contribution is 7.89. The van der Waals surface area contributed by atoms with E-state index in [0.29, 0.717) is 23.4 Å². The molecule has 1 aliphatic rings. The Morgan fingerprint density at radius 1 is 1.06 bits per heavy atom. The Hall–Kier alpha value is -2.46. The Bertz CT molecular complexity index is 1160. The minimum atomic E-state index is -3.95. The van der Waals surface area contributed by atoms with Gasteiger partial charge in [-0.2, -0.15) is 0 Å². The van der Waals surface area contributed by atoms with E-state index in [1.54, 1.807) is 68.3 Å². The summed E-state index contributed by atoms with van der Waals surface area (Å²) in [6.45, 7) is 12.7. The van der Waals surface area contributed by atoms with E-state index < -0.39 is 27.8 Å². The van der Waals surface area contributed by atoms with Gasteiger partial charge in [0, 0.05) is 31.3 Å². The first-order valence-corrected chi connectivity index (χ1v) is 14.0. The highest BCUT2D eigenvalue weighted by Gasteiger charge is 2.45. The van der Waals surface area contributed by atoms with E-state index in [4.69, 9.17) is 4.74 Å². The van der Waals surface area contributed by atoms with Gasteiger partial charge in [0.05, 0.1) is 10.9 Å². The van der Waals surface area contributed by atoms with Gasteiger partial charge in [0.2, 0.25) is 10.0 Å². The minimum Gasteiger partial charge on any atom is -0.485 e. The smallest absolute Gasteiger partial charge is 0.253 e. The molecule has 0 bridgehead atoms. The molecule has 0 fully saturated rings. The first-order chi connectivity index (χ1) is 16.9. The molecular weight excluding hydrogens is 478 g/mol. The van der Waals surface area contributed by atoms with Crippen LogP contribution in [0.3, 0.4) is 0 Å². The van der Waals surface area contributed by atoms with Gasteiger partial charge < -0.3 is 19.6 Å². The predicted molar refractivity (Wildman–Crippen MR) is 141 cm³/mol. The number of amides is 1. The van der Waals surface area contributed by atoms with Crippen molar-refractivity contribution >= 4 is 15.9 Å². The molecular formula is C27H39N3O5S. The second-order valence-electron chi connectivity index (χ2n) is 9.75. The number of carbonyl (C=O) groups is 1. The van der Waals surface area contributed by atoms with Crippen molar-refractivity contribution < 1.29 is 23.1 Å². The number of sulfonamides is 1. The summed E-state index contributed by atoms with van der Waals surface area (Å²) in [6.07, 6.45) is -0.380. The zero-order chi connectivity index (χ0) is 26.7. The van der Waals surface area contributed by atoms with Crippen molar-refractivity contribution in [3.63, 3.8) is 0 Å². The van der Waals surface area contributed by atoms with Gasteiger partial charge in [-0.15, -0.1) is 0 Å². The number of nitrogens with zero attached hydrogens (tertiary/aromatic N) is 2. The molecule has 36 heavy (non-hydrogen) atoms. The zero-order valence-corrected chi connectivity index (χ0v) is 22.9. The van der Waals surface area contributed by atoms with E-state index in [1.807, 2.05) is 6.92 Å². The van der Waals surface area contributed by atoms with Crippen LogP contribution in [0.15, 0.2) is 47.4 Å². The van der Waals surface area contributed by atoms with Crippen LogP contribution in [0, 0.1) is 0 Å². The summed E-state index contributed by atoms with van der Waals surface area (Å²) in [5, 5.41) is 11.1. The monoisotopic (exact) mass is 517 g/mol. The lowest BCUT2D eigenvalue weighted by Crippen LogP contribution is -2.53. The lowest BCUT2D eigenvalue weighted by molar-refractivity contribution is -0.0603. The maximum absolute atomic E-state index is 13.3. The number of likely N-dealkylation sites (N-methyl/N-ethyl adjacent to an activating group) is 2. The maximum Gasteiger partial charge on any atom is 0.253 e. The van der Waals surface area contributed by atoms with Gasteiger partial charge in [-0.3, -0.25) is 4.79 Å². The fourth-order valence-corrected chi connectivity index (χ4v) is 5.57. The third-order valence-corrected chi connectivity index (χ3v) is 8.37. The Balaban J connectivity index is 1.92. The van der Waals surface area contributed by atoms with Gasteiger partial charge in [0.15, 0.2) is 0 Å². The van der Waals surface area contributed by atoms with Crippen LogP contribution in [0.25, 0.3) is 0 Å². The summed E-state index contributed by atoms with van der Waals surface area (Å²) in [4.78, 5) is 17.2. The number of aryl methyl sites for hydroxylation is 1. The summed E-state index contributed by atoms with van der Waals surface area (Å²) in [5.41, 5.74) is 0.819. The van der Waals surface area contributed by atoms with Crippen molar-refractivity contribution in [2.45, 2.75) is 63.7 Å². The van der Waals surface area contributed by atoms with Gasteiger partial charge in [-0.1, -0.05) is 32.9 Å². The fraction of sp³-hybridized carbons (Fsp3) is 0.519. The number of nitrogens with one attached hydrogen (secondary N) is 1. The number of benzene rings is 2. The molecule has 0 spiro atoms. The molecule has 9 heteroatoms. The van der Waals surface area contributed by atoms with Gasteiger partial charge in [-0.25, -0.2) is 13.1 Å². The molecule has 8 nitrogen and oxygen atoms in total. The highest BCUT2D eigenvalue weighted by Crippen LogP contribution is 2.41. The first-order valence-electron chi connectivity index (χ1n) is 12.5. The van der Waals surface area contributed by atoms with Gasteiger partial charge in [-0.05, 0) is 69.3 Å². The third-order valence-electron chi connectivity index (χ3n) is 6.91. The molecule has 2 aromatic rings. The summed E-state index contributed by atoms with van der Waals surface area (Å²) in [6, 6.07) is 10.7. The number of hydrogen-bond acceptors (Lipinski definition) is 6. The normalized spacial score (nSPS) is 19.0. The van der Waals surface area contributed by atoms with Crippen molar-refractivity contribution in [2.75, 3.05) is 33.2 Å². The van der Waals surface area contributed by atoms with Crippen molar-refractivity contribution in [1.29, 1.82) is 0 Å². The van der Waals surface area contributed by atoms with Crippen LogP contribution >= 0.6 is 0 Å². The molecule has 2 aromatic carbocycles. The summed E-state index contributed by atoms with van der Waals surface area (Å²) < 4.78 is 35.2. The molecule has 3 rings (SSSR count). The van der Waals surface area contributed by atoms with E-state index in [-0.39, 0.29) is 10.8 Å². The Morgan fingerprint density at radius 2 is 1.69 bits per heavy atom. The maximum atomic E-state index is 13.3. The average molecular weight is 518 g/mol. The van der Waals surface area contributed by atoms with E-state index in [0.717, 1.165) is 31.6 Å².